The molecule has 0 radical (unpaired) electrons. The van der Waals surface area contributed by atoms with Crippen LogP contribution >= 0.6 is 0 Å². The molecule has 10 aromatic rings. The summed E-state index contributed by atoms with van der Waals surface area (Å²) in [6.07, 6.45) is -0.598. The first kappa shape index (κ1) is 33.7. The first-order valence-corrected chi connectivity index (χ1v) is 21.0. The highest BCUT2D eigenvalue weighted by Crippen LogP contribution is 2.71. The fourth-order valence-corrected chi connectivity index (χ4v) is 10.6. The van der Waals surface area contributed by atoms with E-state index in [4.69, 9.17) is 9.41 Å². The van der Waals surface area contributed by atoms with Gasteiger partial charge in [-0.3, -0.25) is 5.32 Å². The van der Waals surface area contributed by atoms with Gasteiger partial charge in [0.2, 0.25) is 0 Å². The lowest BCUT2D eigenvalue weighted by molar-refractivity contribution is 0.411. The van der Waals surface area contributed by atoms with Gasteiger partial charge in [0.05, 0.1) is 0 Å². The number of hydrogen-bond acceptors (Lipinski definition) is 4. The van der Waals surface area contributed by atoms with Crippen LogP contribution in [0.4, 0.5) is 0 Å². The van der Waals surface area contributed by atoms with Crippen LogP contribution in [0.1, 0.15) is 63.5 Å². The molecule has 2 aliphatic carbocycles. The molecule has 3 aliphatic rings. The van der Waals surface area contributed by atoms with E-state index in [1.165, 1.54) is 49.4 Å². The summed E-state index contributed by atoms with van der Waals surface area (Å²) in [4.78, 5) is 5.42. The molecule has 1 fully saturated rings. The second-order valence-corrected chi connectivity index (χ2v) is 16.7. The summed E-state index contributed by atoms with van der Waals surface area (Å²) in [6, 6.07) is 70.5. The van der Waals surface area contributed by atoms with E-state index in [-0.39, 0.29) is 12.3 Å². The molecule has 1 saturated carbocycles. The number of fused-ring (bicyclic) bond motifs is 11. The van der Waals surface area contributed by atoms with Gasteiger partial charge < -0.3 is 9.73 Å². The summed E-state index contributed by atoms with van der Waals surface area (Å²) in [6.45, 7) is 0. The fourth-order valence-electron chi connectivity index (χ4n) is 10.6. The Balaban J connectivity index is 0.999. The molecule has 0 bridgehead atoms. The van der Waals surface area contributed by atoms with Crippen LogP contribution in [0.15, 0.2) is 204 Å². The van der Waals surface area contributed by atoms with Gasteiger partial charge in [0, 0.05) is 27.8 Å². The Morgan fingerprint density at radius 3 is 1.80 bits per heavy atom. The van der Waals surface area contributed by atoms with Crippen molar-refractivity contribution in [3.05, 3.63) is 228 Å². The van der Waals surface area contributed by atoms with Crippen LogP contribution in [0.2, 0.25) is 0 Å². The van der Waals surface area contributed by atoms with Crippen LogP contribution in [0.5, 0.6) is 0 Å². The van der Waals surface area contributed by atoms with E-state index in [1.54, 1.807) is 0 Å². The zero-order valence-corrected chi connectivity index (χ0v) is 32.7. The molecule has 284 valence electrons. The van der Waals surface area contributed by atoms with Crippen molar-refractivity contribution in [1.29, 1.82) is 0 Å². The third kappa shape index (κ3) is 5.24. The molecule has 0 saturated heterocycles. The first-order valence-electron chi connectivity index (χ1n) is 21.0. The number of nitrogens with one attached hydrogen (secondary N) is 2. The Kier molecular flexibility index (Phi) is 7.36. The zero-order valence-electron chi connectivity index (χ0n) is 32.7. The molecule has 1 aliphatic heterocycles. The van der Waals surface area contributed by atoms with Gasteiger partial charge in [-0.2, -0.15) is 0 Å². The maximum absolute atomic E-state index is 7.19. The molecule has 0 spiro atoms. The Labute approximate surface area is 347 Å². The van der Waals surface area contributed by atoms with Gasteiger partial charge in [-0.05, 0) is 102 Å². The molecule has 2 heterocycles. The minimum Gasteiger partial charge on any atom is -0.456 e. The monoisotopic (exact) mass is 769 g/mol. The molecule has 4 nitrogen and oxygen atoms in total. The highest BCUT2D eigenvalue weighted by molar-refractivity contribution is 6.10. The van der Waals surface area contributed by atoms with E-state index >= 15 is 0 Å². The van der Waals surface area contributed by atoms with Crippen molar-refractivity contribution in [1.82, 2.24) is 10.6 Å². The summed E-state index contributed by atoms with van der Waals surface area (Å²) >= 11 is 0. The van der Waals surface area contributed by atoms with Gasteiger partial charge >= 0.3 is 0 Å². The number of benzene rings is 9. The molecular formula is C56H39N3O. The predicted octanol–water partition coefficient (Wildman–Crippen LogP) is 13.5. The van der Waals surface area contributed by atoms with E-state index in [1.807, 2.05) is 0 Å². The van der Waals surface area contributed by atoms with Crippen molar-refractivity contribution in [2.75, 3.05) is 0 Å². The topological polar surface area (TPSA) is 49.6 Å². The highest BCUT2D eigenvalue weighted by atomic mass is 16.3. The maximum Gasteiger partial charge on any atom is 0.138 e. The second-order valence-electron chi connectivity index (χ2n) is 16.7. The summed E-state index contributed by atoms with van der Waals surface area (Å²) in [5.41, 5.74) is 14.3. The van der Waals surface area contributed by atoms with Crippen LogP contribution < -0.4 is 10.6 Å². The van der Waals surface area contributed by atoms with Crippen LogP contribution in [-0.4, -0.2) is 5.84 Å². The minimum absolute atomic E-state index is 0.293. The van der Waals surface area contributed by atoms with Crippen LogP contribution in [-0.2, 0) is 0 Å². The summed E-state index contributed by atoms with van der Waals surface area (Å²) in [7, 11) is 0. The summed E-state index contributed by atoms with van der Waals surface area (Å²) in [5.74, 6) is 2.01. The molecule has 4 heteroatoms. The lowest BCUT2D eigenvalue weighted by Gasteiger charge is -2.33. The highest BCUT2D eigenvalue weighted by Gasteiger charge is 2.57. The third-order valence-electron chi connectivity index (χ3n) is 13.4. The van der Waals surface area contributed by atoms with Crippen LogP contribution in [0, 0.1) is 0 Å². The number of furan rings is 1. The normalized spacial score (nSPS) is 20.3. The second kappa shape index (κ2) is 13.1. The number of rotatable bonds is 5. The lowest BCUT2D eigenvalue weighted by Crippen LogP contribution is -2.45. The van der Waals surface area contributed by atoms with E-state index in [0.717, 1.165) is 55.6 Å². The standard InChI is InChI=1S/C56H39N3O/c1-2-13-33(14-3-1)40-31-47(56-58-54(38-27-25-34-15-4-6-17-36(34)29-38)57-55(59-56)39-28-26-35-16-5-7-18-37(35)30-39)49-45-23-12-24-46(53(45)60-48(49)32-40)52-50-43-21-10-8-19-41(43)42-20-9-11-22-44(42)51(50)52/h1-32,50-52,54,56,58H,(H,57,59). The van der Waals surface area contributed by atoms with Crippen molar-refractivity contribution in [2.24, 2.45) is 4.99 Å². The average molecular weight is 770 g/mol. The smallest absolute Gasteiger partial charge is 0.138 e. The van der Waals surface area contributed by atoms with Crippen LogP contribution in [0.3, 0.4) is 0 Å². The molecule has 1 aromatic heterocycles. The van der Waals surface area contributed by atoms with Crippen LogP contribution in [0.25, 0.3) is 65.7 Å². The molecule has 9 aromatic carbocycles. The van der Waals surface area contributed by atoms with E-state index < -0.39 is 0 Å². The average Bonchev–Trinajstić information content (AvgIpc) is 3.96. The molecule has 2 N–H and O–H groups in total. The fraction of sp³-hybridized carbons (Fsp3) is 0.0893. The van der Waals surface area contributed by atoms with Crippen molar-refractivity contribution in [3.63, 3.8) is 0 Å². The zero-order chi connectivity index (χ0) is 39.3. The van der Waals surface area contributed by atoms with Crippen molar-refractivity contribution >= 4 is 49.3 Å². The largest absolute Gasteiger partial charge is 0.456 e. The first-order chi connectivity index (χ1) is 29.7. The van der Waals surface area contributed by atoms with E-state index in [9.17, 15) is 0 Å². The number of hydrogen-bond donors (Lipinski definition) is 2. The van der Waals surface area contributed by atoms with Gasteiger partial charge in [-0.15, -0.1) is 0 Å². The third-order valence-corrected chi connectivity index (χ3v) is 13.4. The Hall–Kier alpha value is -7.27. The molecular weight excluding hydrogens is 731 g/mol. The Morgan fingerprint density at radius 1 is 0.433 bits per heavy atom. The molecule has 4 unspecified atom stereocenters. The van der Waals surface area contributed by atoms with Gasteiger partial charge in [-0.1, -0.05) is 170 Å². The molecule has 13 rings (SSSR count). The van der Waals surface area contributed by atoms with Crippen molar-refractivity contribution < 1.29 is 4.42 Å². The lowest BCUT2D eigenvalue weighted by atomic mass is 9.86. The summed E-state index contributed by atoms with van der Waals surface area (Å²) in [5, 5.41) is 15.0. The Morgan fingerprint density at radius 2 is 1.05 bits per heavy atom. The van der Waals surface area contributed by atoms with E-state index in [2.05, 4.69) is 205 Å². The number of para-hydroxylation sites is 1. The predicted molar refractivity (Wildman–Crippen MR) is 245 cm³/mol. The van der Waals surface area contributed by atoms with Crippen molar-refractivity contribution in [3.8, 4) is 22.3 Å². The van der Waals surface area contributed by atoms with Gasteiger partial charge in [-0.25, -0.2) is 4.99 Å². The quantitative estimate of drug-likeness (QED) is 0.183. The maximum atomic E-state index is 7.19. The van der Waals surface area contributed by atoms with Crippen molar-refractivity contribution in [2.45, 2.75) is 30.1 Å². The molecule has 60 heavy (non-hydrogen) atoms. The molecule has 0 amide bonds. The molecule has 4 atom stereocenters. The number of aliphatic imine (C=N–C) groups is 1. The van der Waals surface area contributed by atoms with Gasteiger partial charge in [0.15, 0.2) is 0 Å². The summed E-state index contributed by atoms with van der Waals surface area (Å²) < 4.78 is 7.19. The Bertz CT molecular complexity index is 3330. The number of amidine groups is 1. The minimum atomic E-state index is -0.304. The SMILES string of the molecule is c1ccc(-c2cc(C3NC(c4ccc5ccccc5c4)=NC(c4ccc5ccccc5c4)N3)c3c(c2)oc2c(C4C5c6ccccc6-c6ccccc6C54)cccc23)cc1. The van der Waals surface area contributed by atoms with E-state index in [0.29, 0.717) is 17.8 Å². The number of nitrogens with zero attached hydrogens (tertiary/aromatic N) is 1. The van der Waals surface area contributed by atoms with Gasteiger partial charge in [0.25, 0.3) is 0 Å². The van der Waals surface area contributed by atoms with Gasteiger partial charge in [0.1, 0.15) is 29.3 Å².